The van der Waals surface area contributed by atoms with Crippen molar-refractivity contribution in [2.24, 2.45) is 0 Å². The van der Waals surface area contributed by atoms with Gasteiger partial charge in [-0.25, -0.2) is 13.5 Å². The largest absolute Gasteiger partial charge is 0.484 e. The summed E-state index contributed by atoms with van der Waals surface area (Å²) < 4.78 is 34.3. The van der Waals surface area contributed by atoms with Crippen molar-refractivity contribution in [3.63, 3.8) is 0 Å². The minimum absolute atomic E-state index is 0.0321. The van der Waals surface area contributed by atoms with Crippen molar-refractivity contribution in [3.8, 4) is 5.75 Å². The Bertz CT molecular complexity index is 1080. The van der Waals surface area contributed by atoms with E-state index in [0.29, 0.717) is 30.0 Å². The van der Waals surface area contributed by atoms with Crippen molar-refractivity contribution in [1.29, 1.82) is 0 Å². The summed E-state index contributed by atoms with van der Waals surface area (Å²) in [6.07, 6.45) is 2.67. The Morgan fingerprint density at radius 1 is 1.13 bits per heavy atom. The van der Waals surface area contributed by atoms with Crippen molar-refractivity contribution in [3.05, 3.63) is 77.0 Å². The molecule has 1 N–H and O–H groups in total. The number of aromatic nitrogens is 2. The first-order valence-electron chi connectivity index (χ1n) is 9.79. The lowest BCUT2D eigenvalue weighted by atomic mass is 10.1. The summed E-state index contributed by atoms with van der Waals surface area (Å²) in [7, 11) is 0. The fourth-order valence-electron chi connectivity index (χ4n) is 2.98. The van der Waals surface area contributed by atoms with E-state index in [4.69, 9.17) is 4.74 Å². The molecule has 3 aromatic rings. The number of halogens is 2. The molecule has 0 fully saturated rings. The van der Waals surface area contributed by atoms with Gasteiger partial charge in [-0.3, -0.25) is 4.79 Å². The first kappa shape index (κ1) is 22.1. The molecule has 162 valence electrons. The molecule has 3 rings (SSSR count). The van der Waals surface area contributed by atoms with Crippen molar-refractivity contribution in [2.75, 3.05) is 11.9 Å². The highest BCUT2D eigenvalue weighted by molar-refractivity contribution is 5.91. The van der Waals surface area contributed by atoms with Crippen LogP contribution in [0.25, 0.3) is 0 Å². The Kier molecular flexibility index (Phi) is 7.12. The van der Waals surface area contributed by atoms with Crippen LogP contribution in [-0.4, -0.2) is 28.1 Å². The second-order valence-corrected chi connectivity index (χ2v) is 7.25. The highest BCUT2D eigenvalue weighted by atomic mass is 19.1. The van der Waals surface area contributed by atoms with Crippen LogP contribution in [0.5, 0.6) is 5.75 Å². The van der Waals surface area contributed by atoms with Gasteiger partial charge in [0.05, 0.1) is 12.7 Å². The summed E-state index contributed by atoms with van der Waals surface area (Å²) in [6.45, 7) is 3.04. The molecule has 0 aliphatic heterocycles. The van der Waals surface area contributed by atoms with Crippen molar-refractivity contribution in [2.45, 2.75) is 33.2 Å². The number of rotatable bonds is 9. The minimum Gasteiger partial charge on any atom is -0.484 e. The predicted molar refractivity (Wildman–Crippen MR) is 112 cm³/mol. The molecule has 2 aromatic carbocycles. The van der Waals surface area contributed by atoms with Crippen LogP contribution in [0.15, 0.2) is 48.7 Å². The highest BCUT2D eigenvalue weighted by Gasteiger charge is 2.14. The Balaban J connectivity index is 1.59. The van der Waals surface area contributed by atoms with Gasteiger partial charge in [0, 0.05) is 17.5 Å². The van der Waals surface area contributed by atoms with E-state index in [1.165, 1.54) is 10.9 Å². The molecule has 0 atom stereocenters. The number of hydrogen-bond donors (Lipinski definition) is 1. The van der Waals surface area contributed by atoms with Crippen LogP contribution in [0.3, 0.4) is 0 Å². The standard InChI is InChI=1S/C23H23F2N3O3/c1-15-12-26-28(13-18-11-19(24)7-10-21(18)25)23(15)27-22(30)14-31-20-8-5-17(6-9-20)4-3-16(2)29/h5-12H,3-4,13-14H2,1-2H3,(H,27,30). The van der Waals surface area contributed by atoms with E-state index in [1.54, 1.807) is 26.0 Å². The maximum atomic E-state index is 13.9. The zero-order valence-electron chi connectivity index (χ0n) is 17.3. The number of Topliss-reactive ketones (excluding diaryl/α,β-unsaturated/α-hetero) is 1. The molecule has 1 aromatic heterocycles. The summed E-state index contributed by atoms with van der Waals surface area (Å²) >= 11 is 0. The SMILES string of the molecule is CC(=O)CCc1ccc(OCC(=O)Nc2c(C)cnn2Cc2cc(F)ccc2F)cc1. The van der Waals surface area contributed by atoms with Gasteiger partial charge in [-0.05, 0) is 56.2 Å². The molecule has 0 aliphatic rings. The van der Waals surface area contributed by atoms with Crippen LogP contribution in [0.4, 0.5) is 14.6 Å². The maximum absolute atomic E-state index is 13.9. The zero-order valence-corrected chi connectivity index (χ0v) is 17.3. The topological polar surface area (TPSA) is 73.2 Å². The van der Waals surface area contributed by atoms with E-state index in [9.17, 15) is 18.4 Å². The smallest absolute Gasteiger partial charge is 0.263 e. The van der Waals surface area contributed by atoms with E-state index in [0.717, 1.165) is 23.8 Å². The number of nitrogens with one attached hydrogen (secondary N) is 1. The van der Waals surface area contributed by atoms with Gasteiger partial charge in [0.15, 0.2) is 6.61 Å². The van der Waals surface area contributed by atoms with E-state index >= 15 is 0 Å². The molecule has 8 heteroatoms. The fourth-order valence-corrected chi connectivity index (χ4v) is 2.98. The normalized spacial score (nSPS) is 10.7. The number of hydrogen-bond acceptors (Lipinski definition) is 4. The molecule has 6 nitrogen and oxygen atoms in total. The number of carbonyl (C=O) groups excluding carboxylic acids is 2. The number of anilines is 1. The van der Waals surface area contributed by atoms with Crippen LogP contribution >= 0.6 is 0 Å². The lowest BCUT2D eigenvalue weighted by Gasteiger charge is -2.12. The van der Waals surface area contributed by atoms with Crippen LogP contribution in [0.2, 0.25) is 0 Å². The van der Waals surface area contributed by atoms with E-state index in [1.807, 2.05) is 12.1 Å². The number of nitrogens with zero attached hydrogens (tertiary/aromatic N) is 2. The molecule has 0 saturated heterocycles. The molecule has 0 bridgehead atoms. The molecule has 0 aliphatic carbocycles. The zero-order chi connectivity index (χ0) is 22.4. The third kappa shape index (κ3) is 6.21. The molecule has 1 amide bonds. The van der Waals surface area contributed by atoms with E-state index in [2.05, 4.69) is 10.4 Å². The van der Waals surface area contributed by atoms with Gasteiger partial charge in [-0.1, -0.05) is 12.1 Å². The Labute approximate surface area is 178 Å². The Hall–Kier alpha value is -3.55. The van der Waals surface area contributed by atoms with Crippen molar-refractivity contribution in [1.82, 2.24) is 9.78 Å². The summed E-state index contributed by atoms with van der Waals surface area (Å²) in [4.78, 5) is 23.4. The second kappa shape index (κ2) is 9.97. The van der Waals surface area contributed by atoms with Crippen molar-refractivity contribution < 1.29 is 23.1 Å². The van der Waals surface area contributed by atoms with Gasteiger partial charge in [0.1, 0.15) is 29.0 Å². The molecular weight excluding hydrogens is 404 g/mol. The second-order valence-electron chi connectivity index (χ2n) is 7.25. The fraction of sp³-hybridized carbons (Fsp3) is 0.261. The molecule has 0 spiro atoms. The predicted octanol–water partition coefficient (Wildman–Crippen LogP) is 4.06. The Morgan fingerprint density at radius 2 is 1.87 bits per heavy atom. The molecule has 1 heterocycles. The number of benzene rings is 2. The maximum Gasteiger partial charge on any atom is 0.263 e. The van der Waals surface area contributed by atoms with Crippen LogP contribution < -0.4 is 10.1 Å². The lowest BCUT2D eigenvalue weighted by molar-refractivity contribution is -0.118. The quantitative estimate of drug-likeness (QED) is 0.559. The van der Waals surface area contributed by atoms with Gasteiger partial charge in [0.25, 0.3) is 5.91 Å². The number of aryl methyl sites for hydroxylation is 2. The summed E-state index contributed by atoms with van der Waals surface area (Å²) in [5.41, 5.74) is 1.82. The highest BCUT2D eigenvalue weighted by Crippen LogP contribution is 2.19. The van der Waals surface area contributed by atoms with Gasteiger partial charge in [-0.15, -0.1) is 0 Å². The number of ketones is 1. The summed E-state index contributed by atoms with van der Waals surface area (Å²) in [6, 6.07) is 10.4. The molecule has 0 radical (unpaired) electrons. The number of amides is 1. The van der Waals surface area contributed by atoms with E-state index in [-0.39, 0.29) is 24.5 Å². The number of carbonyl (C=O) groups is 2. The van der Waals surface area contributed by atoms with Gasteiger partial charge in [-0.2, -0.15) is 5.10 Å². The average molecular weight is 427 g/mol. The first-order valence-corrected chi connectivity index (χ1v) is 9.79. The summed E-state index contributed by atoms with van der Waals surface area (Å²) in [5, 5.41) is 6.85. The molecule has 31 heavy (non-hydrogen) atoms. The average Bonchev–Trinajstić information content (AvgIpc) is 3.07. The van der Waals surface area contributed by atoms with Gasteiger partial charge >= 0.3 is 0 Å². The van der Waals surface area contributed by atoms with Crippen LogP contribution in [0.1, 0.15) is 30.0 Å². The van der Waals surface area contributed by atoms with Gasteiger partial charge in [0.2, 0.25) is 0 Å². The summed E-state index contributed by atoms with van der Waals surface area (Å²) in [5.74, 6) is -0.476. The minimum atomic E-state index is -0.554. The Morgan fingerprint density at radius 3 is 2.58 bits per heavy atom. The first-order chi connectivity index (χ1) is 14.8. The molecular formula is C23H23F2N3O3. The monoisotopic (exact) mass is 427 g/mol. The van der Waals surface area contributed by atoms with E-state index < -0.39 is 17.5 Å². The van der Waals surface area contributed by atoms with Crippen LogP contribution in [-0.2, 0) is 22.6 Å². The van der Waals surface area contributed by atoms with Crippen LogP contribution in [0, 0.1) is 18.6 Å². The lowest BCUT2D eigenvalue weighted by Crippen LogP contribution is -2.23. The molecule has 0 saturated carbocycles. The third-order valence-corrected chi connectivity index (χ3v) is 4.67. The van der Waals surface area contributed by atoms with Gasteiger partial charge < -0.3 is 14.8 Å². The third-order valence-electron chi connectivity index (χ3n) is 4.67. The molecule has 0 unspecified atom stereocenters. The van der Waals surface area contributed by atoms with Crippen molar-refractivity contribution >= 4 is 17.5 Å². The number of ether oxygens (including phenoxy) is 1.